The van der Waals surface area contributed by atoms with Gasteiger partial charge in [0.25, 0.3) is 5.56 Å². The van der Waals surface area contributed by atoms with E-state index in [1.807, 2.05) is 24.3 Å². The molecular formula is C21H21FN4O. The molecule has 1 unspecified atom stereocenters. The highest BCUT2D eigenvalue weighted by molar-refractivity contribution is 5.59. The quantitative estimate of drug-likeness (QED) is 0.715. The molecule has 2 aromatic heterocycles. The molecule has 1 atom stereocenters. The summed E-state index contributed by atoms with van der Waals surface area (Å²) in [6.07, 6.45) is 5.43. The van der Waals surface area contributed by atoms with Crippen LogP contribution in [0.15, 0.2) is 59.7 Å². The molecule has 0 N–H and O–H groups in total. The minimum absolute atomic E-state index is 0.0873. The van der Waals surface area contributed by atoms with Crippen molar-refractivity contribution in [2.75, 3.05) is 18.0 Å². The molecule has 3 aromatic rings. The van der Waals surface area contributed by atoms with Gasteiger partial charge in [0.05, 0.1) is 5.69 Å². The van der Waals surface area contributed by atoms with Crippen molar-refractivity contribution in [2.24, 2.45) is 7.05 Å². The molecule has 4 rings (SSSR count). The summed E-state index contributed by atoms with van der Waals surface area (Å²) in [5.74, 6) is 0.738. The van der Waals surface area contributed by atoms with Crippen LogP contribution in [0.25, 0.3) is 11.3 Å². The summed E-state index contributed by atoms with van der Waals surface area (Å²) in [4.78, 5) is 23.5. The summed E-state index contributed by atoms with van der Waals surface area (Å²) in [5.41, 5.74) is 2.56. The summed E-state index contributed by atoms with van der Waals surface area (Å²) >= 11 is 0. The van der Waals surface area contributed by atoms with Crippen LogP contribution in [0.5, 0.6) is 0 Å². The topological polar surface area (TPSA) is 51.0 Å². The maximum absolute atomic E-state index is 13.2. The van der Waals surface area contributed by atoms with Gasteiger partial charge >= 0.3 is 0 Å². The number of hydrogen-bond donors (Lipinski definition) is 0. The van der Waals surface area contributed by atoms with Gasteiger partial charge in [-0.1, -0.05) is 12.1 Å². The van der Waals surface area contributed by atoms with Gasteiger partial charge in [0.15, 0.2) is 0 Å². The van der Waals surface area contributed by atoms with Gasteiger partial charge in [-0.05, 0) is 42.7 Å². The first-order valence-electron chi connectivity index (χ1n) is 9.11. The van der Waals surface area contributed by atoms with Crippen LogP contribution in [-0.2, 0) is 7.05 Å². The fourth-order valence-corrected chi connectivity index (χ4v) is 3.65. The molecule has 3 heterocycles. The first kappa shape index (κ1) is 17.4. The number of piperidine rings is 1. The van der Waals surface area contributed by atoms with E-state index in [4.69, 9.17) is 4.98 Å². The lowest BCUT2D eigenvalue weighted by Crippen LogP contribution is -2.38. The summed E-state index contributed by atoms with van der Waals surface area (Å²) < 4.78 is 14.8. The highest BCUT2D eigenvalue weighted by Crippen LogP contribution is 2.29. The average Bonchev–Trinajstić information content (AvgIpc) is 2.71. The van der Waals surface area contributed by atoms with E-state index >= 15 is 0 Å². The molecule has 0 radical (unpaired) electrons. The van der Waals surface area contributed by atoms with Gasteiger partial charge in [-0.2, -0.15) is 0 Å². The normalized spacial score (nSPS) is 17.1. The molecule has 1 fully saturated rings. The van der Waals surface area contributed by atoms with Crippen LogP contribution in [0.1, 0.15) is 24.3 Å². The van der Waals surface area contributed by atoms with Crippen molar-refractivity contribution in [3.63, 3.8) is 0 Å². The molecular weight excluding hydrogens is 343 g/mol. The number of pyridine rings is 1. The van der Waals surface area contributed by atoms with Crippen molar-refractivity contribution < 1.29 is 4.39 Å². The Morgan fingerprint density at radius 3 is 2.59 bits per heavy atom. The molecule has 1 aromatic carbocycles. The van der Waals surface area contributed by atoms with E-state index in [2.05, 4.69) is 9.88 Å². The first-order chi connectivity index (χ1) is 13.1. The van der Waals surface area contributed by atoms with Gasteiger partial charge in [0.2, 0.25) is 5.95 Å². The third kappa shape index (κ3) is 3.60. The lowest BCUT2D eigenvalue weighted by Gasteiger charge is -2.34. The molecule has 0 amide bonds. The Bertz CT molecular complexity index is 985. The second kappa shape index (κ2) is 7.31. The van der Waals surface area contributed by atoms with Crippen molar-refractivity contribution in [3.8, 4) is 11.3 Å². The Morgan fingerprint density at radius 2 is 1.85 bits per heavy atom. The zero-order valence-electron chi connectivity index (χ0n) is 15.2. The fraction of sp³-hybridized carbons (Fsp3) is 0.286. The summed E-state index contributed by atoms with van der Waals surface area (Å²) in [5, 5.41) is 0. The Labute approximate surface area is 157 Å². The minimum Gasteiger partial charge on any atom is -0.342 e. The molecule has 1 aliphatic heterocycles. The second-order valence-electron chi connectivity index (χ2n) is 6.91. The molecule has 6 heteroatoms. The number of hydrogen-bond acceptors (Lipinski definition) is 4. The van der Waals surface area contributed by atoms with Gasteiger partial charge in [-0.25, -0.2) is 9.37 Å². The van der Waals surface area contributed by atoms with Crippen LogP contribution in [0.4, 0.5) is 10.3 Å². The zero-order valence-corrected chi connectivity index (χ0v) is 15.2. The maximum atomic E-state index is 13.2. The molecule has 1 aliphatic rings. The molecule has 1 saturated heterocycles. The van der Waals surface area contributed by atoms with Crippen LogP contribution in [0.3, 0.4) is 0 Å². The van der Waals surface area contributed by atoms with Gasteiger partial charge in [-0.3, -0.25) is 14.3 Å². The number of aromatic nitrogens is 3. The van der Waals surface area contributed by atoms with E-state index in [0.29, 0.717) is 17.6 Å². The highest BCUT2D eigenvalue weighted by atomic mass is 19.1. The lowest BCUT2D eigenvalue weighted by molar-refractivity contribution is 0.496. The van der Waals surface area contributed by atoms with E-state index in [0.717, 1.165) is 37.1 Å². The lowest BCUT2D eigenvalue weighted by atomic mass is 9.91. The van der Waals surface area contributed by atoms with Crippen molar-refractivity contribution in [1.82, 2.24) is 14.5 Å². The zero-order chi connectivity index (χ0) is 18.8. The molecule has 0 aliphatic carbocycles. The SMILES string of the molecule is Cn1c(N2CCCC(c3ccc(F)cc3)C2)nc(-c2ccncc2)cc1=O. The van der Waals surface area contributed by atoms with E-state index in [1.165, 1.54) is 12.1 Å². The van der Waals surface area contributed by atoms with Crippen molar-refractivity contribution >= 4 is 5.95 Å². The predicted molar refractivity (Wildman–Crippen MR) is 103 cm³/mol. The average molecular weight is 364 g/mol. The Hall–Kier alpha value is -3.02. The third-order valence-corrected chi connectivity index (χ3v) is 5.13. The van der Waals surface area contributed by atoms with Gasteiger partial charge < -0.3 is 4.90 Å². The monoisotopic (exact) mass is 364 g/mol. The minimum atomic E-state index is -0.222. The molecule has 27 heavy (non-hydrogen) atoms. The van der Waals surface area contributed by atoms with E-state index < -0.39 is 0 Å². The second-order valence-corrected chi connectivity index (χ2v) is 6.91. The molecule has 0 spiro atoms. The number of anilines is 1. The van der Waals surface area contributed by atoms with E-state index in [-0.39, 0.29) is 11.4 Å². The van der Waals surface area contributed by atoms with Crippen LogP contribution in [0, 0.1) is 5.82 Å². The number of rotatable bonds is 3. The maximum Gasteiger partial charge on any atom is 0.255 e. The number of halogens is 1. The van der Waals surface area contributed by atoms with Gasteiger partial charge in [0, 0.05) is 50.1 Å². The first-order valence-corrected chi connectivity index (χ1v) is 9.11. The molecule has 5 nitrogen and oxygen atoms in total. The van der Waals surface area contributed by atoms with Crippen LogP contribution >= 0.6 is 0 Å². The smallest absolute Gasteiger partial charge is 0.255 e. The highest BCUT2D eigenvalue weighted by Gasteiger charge is 2.24. The van der Waals surface area contributed by atoms with Gasteiger partial charge in [-0.15, -0.1) is 0 Å². The number of benzene rings is 1. The van der Waals surface area contributed by atoms with E-state index in [9.17, 15) is 9.18 Å². The summed E-state index contributed by atoms with van der Waals surface area (Å²) in [7, 11) is 1.75. The molecule has 0 saturated carbocycles. The molecule has 0 bridgehead atoms. The predicted octanol–water partition coefficient (Wildman–Crippen LogP) is 3.37. The largest absolute Gasteiger partial charge is 0.342 e. The molecule has 138 valence electrons. The summed E-state index contributed by atoms with van der Waals surface area (Å²) in [6.45, 7) is 1.60. The van der Waals surface area contributed by atoms with Crippen LogP contribution in [0.2, 0.25) is 0 Å². The Balaban J connectivity index is 1.67. The van der Waals surface area contributed by atoms with Crippen LogP contribution in [-0.4, -0.2) is 27.6 Å². The van der Waals surface area contributed by atoms with Crippen molar-refractivity contribution in [2.45, 2.75) is 18.8 Å². The Morgan fingerprint density at radius 1 is 1.11 bits per heavy atom. The Kier molecular flexibility index (Phi) is 4.71. The fourth-order valence-electron chi connectivity index (χ4n) is 3.65. The third-order valence-electron chi connectivity index (χ3n) is 5.13. The van der Waals surface area contributed by atoms with Gasteiger partial charge in [0.1, 0.15) is 5.82 Å². The van der Waals surface area contributed by atoms with E-state index in [1.54, 1.807) is 30.1 Å². The summed E-state index contributed by atoms with van der Waals surface area (Å²) in [6, 6.07) is 12.0. The van der Waals surface area contributed by atoms with Crippen LogP contribution < -0.4 is 10.5 Å². The number of nitrogens with zero attached hydrogens (tertiary/aromatic N) is 4. The standard InChI is InChI=1S/C21H21FN4O/c1-25-20(27)13-19(16-8-10-23-11-9-16)24-21(25)26-12-2-3-17(14-26)15-4-6-18(22)7-5-15/h4-11,13,17H,2-3,12,14H2,1H3. The van der Waals surface area contributed by atoms with Crippen molar-refractivity contribution in [3.05, 3.63) is 76.6 Å². The van der Waals surface area contributed by atoms with Crippen molar-refractivity contribution in [1.29, 1.82) is 0 Å².